The average Bonchev–Trinajstić information content (AvgIpc) is 2.40. The largest absolute Gasteiger partial charge is 0.344 e. The Morgan fingerprint density at radius 2 is 1.82 bits per heavy atom. The average molecular weight is 224 g/mol. The monoisotopic (exact) mass is 224 g/mol. The zero-order valence-electron chi connectivity index (χ0n) is 9.82. The third-order valence-electron chi connectivity index (χ3n) is 3.16. The van der Waals surface area contributed by atoms with E-state index in [2.05, 4.69) is 52.8 Å². The highest BCUT2D eigenvalue weighted by Crippen LogP contribution is 2.19. The molecule has 2 aromatic rings. The quantitative estimate of drug-likeness (QED) is 0.782. The van der Waals surface area contributed by atoms with Crippen molar-refractivity contribution in [3.63, 3.8) is 0 Å². The van der Waals surface area contributed by atoms with Crippen molar-refractivity contribution < 1.29 is 0 Å². The van der Waals surface area contributed by atoms with Crippen molar-refractivity contribution in [2.45, 2.75) is 19.3 Å². The minimum Gasteiger partial charge on any atom is -0.344 e. The second-order valence-corrected chi connectivity index (χ2v) is 4.47. The van der Waals surface area contributed by atoms with Gasteiger partial charge in [0.25, 0.3) is 0 Å². The summed E-state index contributed by atoms with van der Waals surface area (Å²) in [5.74, 6) is 1.13. The molecule has 0 aliphatic carbocycles. The molecule has 2 nitrogen and oxygen atoms in total. The van der Waals surface area contributed by atoms with Gasteiger partial charge in [-0.15, -0.1) is 0 Å². The highest BCUT2D eigenvalue weighted by atomic mass is 15.0. The minimum absolute atomic E-state index is 0.968. The van der Waals surface area contributed by atoms with Crippen LogP contribution in [0.4, 0.5) is 5.69 Å². The van der Waals surface area contributed by atoms with Gasteiger partial charge >= 0.3 is 0 Å². The lowest BCUT2D eigenvalue weighted by Crippen LogP contribution is -2.15. The lowest BCUT2D eigenvalue weighted by Gasteiger charge is -2.14. The Hall–Kier alpha value is -1.83. The number of anilines is 1. The van der Waals surface area contributed by atoms with E-state index in [0.717, 1.165) is 24.5 Å². The Bertz CT molecular complexity index is 558. The number of nitrogens with one attached hydrogen (secondary N) is 1. The molecule has 0 fully saturated rings. The van der Waals surface area contributed by atoms with Crippen LogP contribution in [0.1, 0.15) is 19.3 Å². The van der Waals surface area contributed by atoms with E-state index in [-0.39, 0.29) is 0 Å². The van der Waals surface area contributed by atoms with Crippen molar-refractivity contribution >= 4 is 22.3 Å². The molecule has 0 amide bonds. The molecule has 1 aliphatic rings. The van der Waals surface area contributed by atoms with Crippen molar-refractivity contribution in [2.24, 2.45) is 4.99 Å². The summed E-state index contributed by atoms with van der Waals surface area (Å²) in [5.41, 5.74) is 1.14. The van der Waals surface area contributed by atoms with E-state index < -0.39 is 0 Å². The van der Waals surface area contributed by atoms with Crippen LogP contribution < -0.4 is 5.32 Å². The number of aliphatic imine (C=N–C) groups is 1. The van der Waals surface area contributed by atoms with Gasteiger partial charge in [-0.05, 0) is 35.7 Å². The van der Waals surface area contributed by atoms with Gasteiger partial charge in [0.15, 0.2) is 0 Å². The molecule has 0 spiro atoms. The van der Waals surface area contributed by atoms with Crippen LogP contribution in [0.5, 0.6) is 0 Å². The molecule has 0 saturated carbocycles. The molecule has 0 unspecified atom stereocenters. The van der Waals surface area contributed by atoms with Crippen LogP contribution in [0.25, 0.3) is 10.8 Å². The van der Waals surface area contributed by atoms with Crippen LogP contribution in [0, 0.1) is 0 Å². The highest BCUT2D eigenvalue weighted by Gasteiger charge is 2.05. The van der Waals surface area contributed by atoms with Crippen molar-refractivity contribution in [1.29, 1.82) is 0 Å². The van der Waals surface area contributed by atoms with Gasteiger partial charge in [-0.25, -0.2) is 0 Å². The zero-order valence-corrected chi connectivity index (χ0v) is 9.82. The maximum absolute atomic E-state index is 4.51. The van der Waals surface area contributed by atoms with Gasteiger partial charge in [0.05, 0.1) is 0 Å². The first-order valence-electron chi connectivity index (χ1n) is 6.21. The molecule has 0 aromatic heterocycles. The molecule has 0 radical (unpaired) electrons. The van der Waals surface area contributed by atoms with Crippen molar-refractivity contribution in [3.8, 4) is 0 Å². The van der Waals surface area contributed by atoms with E-state index in [1.54, 1.807) is 0 Å². The van der Waals surface area contributed by atoms with Gasteiger partial charge in [0.2, 0.25) is 0 Å². The molecule has 17 heavy (non-hydrogen) atoms. The third kappa shape index (κ3) is 2.31. The molecule has 1 heterocycles. The molecule has 1 N–H and O–H groups in total. The van der Waals surface area contributed by atoms with E-state index in [1.807, 2.05) is 0 Å². The summed E-state index contributed by atoms with van der Waals surface area (Å²) in [5, 5.41) is 5.98. The molecule has 2 aromatic carbocycles. The van der Waals surface area contributed by atoms with Gasteiger partial charge in [-0.2, -0.15) is 0 Å². The maximum atomic E-state index is 4.51. The molecule has 0 bridgehead atoms. The molecule has 0 atom stereocenters. The third-order valence-corrected chi connectivity index (χ3v) is 3.16. The lowest BCUT2D eigenvalue weighted by atomic mass is 10.1. The van der Waals surface area contributed by atoms with Crippen LogP contribution in [-0.4, -0.2) is 12.4 Å². The number of benzene rings is 2. The number of hydrogen-bond donors (Lipinski definition) is 1. The van der Waals surface area contributed by atoms with Crippen LogP contribution in [-0.2, 0) is 0 Å². The zero-order chi connectivity index (χ0) is 11.5. The van der Waals surface area contributed by atoms with Crippen molar-refractivity contribution in [3.05, 3.63) is 42.5 Å². The Morgan fingerprint density at radius 3 is 2.65 bits per heavy atom. The van der Waals surface area contributed by atoms with Gasteiger partial charge in [0, 0.05) is 18.7 Å². The minimum atomic E-state index is 0.968. The van der Waals surface area contributed by atoms with Gasteiger partial charge in [0.1, 0.15) is 5.84 Å². The van der Waals surface area contributed by atoms with Crippen LogP contribution >= 0.6 is 0 Å². The van der Waals surface area contributed by atoms with Crippen molar-refractivity contribution in [1.82, 2.24) is 0 Å². The molecule has 3 rings (SSSR count). The lowest BCUT2D eigenvalue weighted by molar-refractivity contribution is 0.737. The number of hydrogen-bond acceptors (Lipinski definition) is 2. The number of rotatable bonds is 1. The summed E-state index contributed by atoms with van der Waals surface area (Å²) < 4.78 is 0. The van der Waals surface area contributed by atoms with Gasteiger partial charge < -0.3 is 5.32 Å². The first kappa shape index (κ1) is 10.3. The summed E-state index contributed by atoms with van der Waals surface area (Å²) in [6, 6.07) is 14.9. The Balaban J connectivity index is 1.87. The Kier molecular flexibility index (Phi) is 2.78. The van der Waals surface area contributed by atoms with E-state index in [0.29, 0.717) is 0 Å². The van der Waals surface area contributed by atoms with Crippen molar-refractivity contribution in [2.75, 3.05) is 11.9 Å². The molecule has 1 aliphatic heterocycles. The van der Waals surface area contributed by atoms with Crippen LogP contribution in [0.2, 0.25) is 0 Å². The molecular weight excluding hydrogens is 208 g/mol. The fourth-order valence-electron chi connectivity index (χ4n) is 2.23. The van der Waals surface area contributed by atoms with Crippen LogP contribution in [0.15, 0.2) is 47.5 Å². The first-order chi connectivity index (χ1) is 8.42. The predicted molar refractivity (Wildman–Crippen MR) is 73.7 cm³/mol. The van der Waals surface area contributed by atoms with E-state index in [4.69, 9.17) is 0 Å². The van der Waals surface area contributed by atoms with E-state index in [1.165, 1.54) is 23.6 Å². The molecule has 2 heteroatoms. The second kappa shape index (κ2) is 4.58. The highest BCUT2D eigenvalue weighted by molar-refractivity contribution is 5.97. The number of fused-ring (bicyclic) bond motifs is 1. The van der Waals surface area contributed by atoms with Crippen LogP contribution in [0.3, 0.4) is 0 Å². The number of nitrogens with zero attached hydrogens (tertiary/aromatic N) is 1. The Morgan fingerprint density at radius 1 is 0.941 bits per heavy atom. The van der Waals surface area contributed by atoms with E-state index in [9.17, 15) is 0 Å². The Labute approximate surface area is 101 Å². The summed E-state index contributed by atoms with van der Waals surface area (Å²) in [7, 11) is 0. The summed E-state index contributed by atoms with van der Waals surface area (Å²) in [6.45, 7) is 0.968. The summed E-state index contributed by atoms with van der Waals surface area (Å²) in [4.78, 5) is 4.51. The predicted octanol–water partition coefficient (Wildman–Crippen LogP) is 3.83. The SMILES string of the molecule is c1ccc2cc(NC3=NCCCC3)ccc2c1. The normalized spacial score (nSPS) is 15.6. The second-order valence-electron chi connectivity index (χ2n) is 4.47. The molecular formula is C15H16N2. The standard InChI is InChI=1S/C15H16N2/c1-2-6-13-11-14(9-8-12(13)5-1)17-15-7-3-4-10-16-15/h1-2,5-6,8-9,11H,3-4,7,10H2,(H,16,17). The topological polar surface area (TPSA) is 24.4 Å². The smallest absolute Gasteiger partial charge is 0.101 e. The summed E-state index contributed by atoms with van der Waals surface area (Å²) in [6.07, 6.45) is 3.55. The fraction of sp³-hybridized carbons (Fsp3) is 0.267. The fourth-order valence-corrected chi connectivity index (χ4v) is 2.23. The van der Waals surface area contributed by atoms with Gasteiger partial charge in [-0.3, -0.25) is 4.99 Å². The number of amidine groups is 1. The first-order valence-corrected chi connectivity index (χ1v) is 6.21. The van der Waals surface area contributed by atoms with Gasteiger partial charge in [-0.1, -0.05) is 30.3 Å². The van der Waals surface area contributed by atoms with E-state index >= 15 is 0 Å². The summed E-state index contributed by atoms with van der Waals surface area (Å²) >= 11 is 0. The molecule has 86 valence electrons. The maximum Gasteiger partial charge on any atom is 0.101 e. The molecule has 0 saturated heterocycles.